The van der Waals surface area contributed by atoms with Gasteiger partial charge in [-0.15, -0.1) is 0 Å². The molecule has 0 aromatic heterocycles. The van der Waals surface area contributed by atoms with Gasteiger partial charge in [-0.3, -0.25) is 28.8 Å². The first-order chi connectivity index (χ1) is 26.9. The van der Waals surface area contributed by atoms with Crippen molar-refractivity contribution in [3.05, 3.63) is 138 Å². The van der Waals surface area contributed by atoms with Crippen LogP contribution in [0.1, 0.15) is 108 Å². The van der Waals surface area contributed by atoms with Gasteiger partial charge in [-0.1, -0.05) is 70.8 Å². The van der Waals surface area contributed by atoms with Crippen LogP contribution in [0.15, 0.2) is 48.5 Å². The van der Waals surface area contributed by atoms with Gasteiger partial charge in [-0.05, 0) is 128 Å². The summed E-state index contributed by atoms with van der Waals surface area (Å²) in [5, 5.41) is 0. The summed E-state index contributed by atoms with van der Waals surface area (Å²) in [7, 11) is -9.42. The Morgan fingerprint density at radius 1 is 0.362 bits per heavy atom. The average molecular weight is 827 g/mol. The van der Waals surface area contributed by atoms with E-state index in [1.165, 1.54) is 0 Å². The topological polar surface area (TPSA) is 155 Å². The van der Waals surface area contributed by atoms with E-state index in [0.717, 1.165) is 22.3 Å². The van der Waals surface area contributed by atoms with Gasteiger partial charge < -0.3 is 18.6 Å². The molecule has 0 amide bonds. The van der Waals surface area contributed by atoms with E-state index in [0.29, 0.717) is 44.5 Å². The number of carbonyl (C=O) groups is 6. The first-order valence-electron chi connectivity index (χ1n) is 18.9. The minimum Gasteiger partial charge on any atom is -0.462 e. The Morgan fingerprint density at radius 2 is 0.534 bits per heavy atom. The molecule has 58 heavy (non-hydrogen) atoms. The molecule has 0 saturated heterocycles. The zero-order chi connectivity index (χ0) is 43.6. The lowest BCUT2D eigenvalue weighted by Gasteiger charge is -2.21. The summed E-state index contributed by atoms with van der Waals surface area (Å²) >= 11 is 0. The predicted molar refractivity (Wildman–Crippen MR) is 227 cm³/mol. The molecule has 4 aromatic rings. The third-order valence-corrected chi connectivity index (χ3v) is 15.1. The second kappa shape index (κ2) is 17.8. The van der Waals surface area contributed by atoms with E-state index in [4.69, 9.17) is 9.47 Å². The van der Waals surface area contributed by atoms with Gasteiger partial charge in [0.25, 0.3) is 0 Å². The fourth-order valence-electron chi connectivity index (χ4n) is 8.03. The van der Waals surface area contributed by atoms with Crippen LogP contribution >= 0.6 is 14.3 Å². The Hall–Kier alpha value is -5.04. The smallest absolute Gasteiger partial charge is 0.314 e. The number of hydrogen-bond acceptors (Lipinski definition) is 10. The predicted octanol–water partition coefficient (Wildman–Crippen LogP) is 9.86. The molecule has 0 heterocycles. The van der Waals surface area contributed by atoms with Gasteiger partial charge in [0.2, 0.25) is 36.4 Å². The van der Waals surface area contributed by atoms with Crippen molar-refractivity contribution in [1.82, 2.24) is 0 Å². The fourth-order valence-corrected chi connectivity index (χ4v) is 12.7. The second-order valence-corrected chi connectivity index (χ2v) is 20.8. The number of rotatable bonds is 15. The molecule has 4 aromatic carbocycles. The van der Waals surface area contributed by atoms with Crippen LogP contribution < -0.4 is 0 Å². The Labute approximate surface area is 340 Å². The summed E-state index contributed by atoms with van der Waals surface area (Å²) in [5.74, 6) is -2.28. The molecular weight excluding hydrogens is 774 g/mol. The largest absolute Gasteiger partial charge is 0.462 e. The van der Waals surface area contributed by atoms with Crippen LogP contribution in [0.25, 0.3) is 0 Å². The Balaban J connectivity index is 1.58. The highest BCUT2D eigenvalue weighted by atomic mass is 31.2. The van der Waals surface area contributed by atoms with E-state index in [-0.39, 0.29) is 22.3 Å². The highest BCUT2D eigenvalue weighted by Gasteiger charge is 2.47. The van der Waals surface area contributed by atoms with Gasteiger partial charge >= 0.3 is 11.9 Å². The summed E-state index contributed by atoms with van der Waals surface area (Å²) in [6.45, 7) is 19.6. The highest BCUT2D eigenvalue weighted by molar-refractivity contribution is 7.96. The molecule has 0 aliphatic rings. The molecule has 306 valence electrons. The highest BCUT2D eigenvalue weighted by Crippen LogP contribution is 2.55. The lowest BCUT2D eigenvalue weighted by Crippen LogP contribution is -2.25. The van der Waals surface area contributed by atoms with Crippen LogP contribution in [-0.2, 0) is 28.2 Å². The van der Waals surface area contributed by atoms with E-state index < -0.39 is 73.9 Å². The Kier molecular flexibility index (Phi) is 14.0. The molecule has 0 aliphatic carbocycles. The molecule has 0 fully saturated rings. The monoisotopic (exact) mass is 826 g/mol. The third-order valence-electron chi connectivity index (χ3n) is 10.2. The summed E-state index contributed by atoms with van der Waals surface area (Å²) in [6, 6.07) is 13.9. The standard InChI is InChI=1S/C46H52O10P2/c1-25-15-29(5)39(30(6)16-25)43(49)57(53,44(50)40-31(7)17-26(2)18-32(40)8)23-37(47)55-13-14-56-38(48)24-58(54,45(51)41-33(9)19-27(3)20-34(41)10)46(52)42-35(11)21-28(4)22-36(42)12/h15-22H,13-14,23-24H2,1-12H3. The van der Waals surface area contributed by atoms with Crippen molar-refractivity contribution in [2.45, 2.75) is 83.1 Å². The van der Waals surface area contributed by atoms with E-state index in [1.54, 1.807) is 104 Å². The summed E-state index contributed by atoms with van der Waals surface area (Å²) in [4.78, 5) is 83.5. The minimum absolute atomic E-state index is 0.0898. The molecule has 10 nitrogen and oxygen atoms in total. The lowest BCUT2D eigenvalue weighted by molar-refractivity contribution is -0.149. The van der Waals surface area contributed by atoms with Crippen LogP contribution in [0.4, 0.5) is 0 Å². The first kappa shape index (κ1) is 45.7. The molecule has 0 bridgehead atoms. The van der Waals surface area contributed by atoms with E-state index in [1.807, 2.05) is 27.7 Å². The summed E-state index contributed by atoms with van der Waals surface area (Å²) < 4.78 is 40.2. The molecule has 0 radical (unpaired) electrons. The number of carbonyl (C=O) groups excluding carboxylic acids is 6. The molecule has 4 rings (SSSR count). The molecule has 12 heteroatoms. The molecular formula is C46H52O10P2. The van der Waals surface area contributed by atoms with Gasteiger partial charge in [0.1, 0.15) is 25.5 Å². The number of esters is 2. The van der Waals surface area contributed by atoms with Gasteiger partial charge in [0.15, 0.2) is 0 Å². The number of ether oxygens (including phenoxy) is 2. The van der Waals surface area contributed by atoms with Crippen LogP contribution in [0, 0.1) is 83.1 Å². The van der Waals surface area contributed by atoms with Gasteiger partial charge in [0.05, 0.1) is 0 Å². The van der Waals surface area contributed by atoms with Crippen molar-refractivity contribution in [3.63, 3.8) is 0 Å². The van der Waals surface area contributed by atoms with E-state index in [9.17, 15) is 37.9 Å². The number of hydrogen-bond donors (Lipinski definition) is 0. The van der Waals surface area contributed by atoms with Crippen LogP contribution in [0.5, 0.6) is 0 Å². The molecule has 0 unspecified atom stereocenters. The molecule has 0 saturated carbocycles. The number of aryl methyl sites for hydroxylation is 12. The minimum atomic E-state index is -4.71. The summed E-state index contributed by atoms with van der Waals surface area (Å²) in [5.41, 5.74) is 3.98. The van der Waals surface area contributed by atoms with E-state index >= 15 is 0 Å². The van der Waals surface area contributed by atoms with Crippen molar-refractivity contribution in [1.29, 1.82) is 0 Å². The zero-order valence-electron chi connectivity index (χ0n) is 35.4. The maximum Gasteiger partial charge on any atom is 0.314 e. The molecule has 0 atom stereocenters. The second-order valence-electron chi connectivity index (χ2n) is 15.6. The molecule has 0 spiro atoms. The van der Waals surface area contributed by atoms with Crippen molar-refractivity contribution in [3.8, 4) is 0 Å². The maximum absolute atomic E-state index is 14.8. The quantitative estimate of drug-likeness (QED) is 0.0643. The average Bonchev–Trinajstić information content (AvgIpc) is 3.08. The third kappa shape index (κ3) is 9.46. The maximum atomic E-state index is 14.8. The Bertz CT molecular complexity index is 2100. The SMILES string of the molecule is Cc1cc(C)c(C(=O)P(=O)(CC(=O)OCCOC(=O)CP(=O)(C(=O)c2c(C)cc(C)cc2C)C(=O)c2c(C)cc(C)cc2C)C(=O)c2c(C)cc(C)cc2C)c(C)c1. The first-order valence-corrected chi connectivity index (χ1v) is 22.7. The molecule has 0 N–H and O–H groups in total. The Morgan fingerprint density at radius 3 is 0.707 bits per heavy atom. The van der Waals surface area contributed by atoms with Gasteiger partial charge in [-0.2, -0.15) is 0 Å². The van der Waals surface area contributed by atoms with E-state index in [2.05, 4.69) is 0 Å². The number of benzene rings is 4. The van der Waals surface area contributed by atoms with Gasteiger partial charge in [-0.25, -0.2) is 0 Å². The van der Waals surface area contributed by atoms with Crippen LogP contribution in [-0.4, -0.2) is 59.6 Å². The fraction of sp³-hybridized carbons (Fsp3) is 0.348. The van der Waals surface area contributed by atoms with Crippen LogP contribution in [0.2, 0.25) is 0 Å². The van der Waals surface area contributed by atoms with Crippen molar-refractivity contribution in [2.24, 2.45) is 0 Å². The van der Waals surface area contributed by atoms with Crippen molar-refractivity contribution in [2.75, 3.05) is 25.5 Å². The van der Waals surface area contributed by atoms with Gasteiger partial charge in [0, 0.05) is 22.3 Å². The summed E-state index contributed by atoms with van der Waals surface area (Å²) in [6.07, 6.45) is -2.08. The van der Waals surface area contributed by atoms with Crippen LogP contribution in [0.3, 0.4) is 0 Å². The van der Waals surface area contributed by atoms with Crippen molar-refractivity contribution < 1.29 is 47.4 Å². The zero-order valence-corrected chi connectivity index (χ0v) is 37.2. The lowest BCUT2D eigenvalue weighted by atomic mass is 10.0. The normalized spacial score (nSPS) is 11.6. The van der Waals surface area contributed by atoms with Crippen molar-refractivity contribution >= 4 is 48.3 Å². The molecule has 0 aliphatic heterocycles.